The van der Waals surface area contributed by atoms with E-state index in [9.17, 15) is 4.79 Å². The molecule has 0 spiro atoms. The molecule has 7 heteroatoms. The van der Waals surface area contributed by atoms with Crippen molar-refractivity contribution < 1.29 is 14.3 Å². The Morgan fingerprint density at radius 1 is 1.56 bits per heavy atom. The van der Waals surface area contributed by atoms with Crippen molar-refractivity contribution in [1.29, 1.82) is 0 Å². The molecule has 0 aliphatic carbocycles. The van der Waals surface area contributed by atoms with Crippen LogP contribution in [0.15, 0.2) is 6.20 Å². The first kappa shape index (κ1) is 14.4. The number of nitrogens with one attached hydrogen (secondary N) is 2. The molecule has 1 aromatic rings. The quantitative estimate of drug-likeness (QED) is 0.801. The number of nitrogens with zero attached hydrogens (tertiary/aromatic N) is 1. The molecular weight excluding hydrogens is 258 g/mol. The maximum atomic E-state index is 10.8. The molecule has 1 heterocycles. The predicted octanol–water partition coefficient (Wildman–Crippen LogP) is 1.82. The van der Waals surface area contributed by atoms with E-state index in [1.54, 1.807) is 13.2 Å². The highest BCUT2D eigenvalue weighted by atomic mass is 35.5. The van der Waals surface area contributed by atoms with Gasteiger partial charge in [-0.25, -0.2) is 9.78 Å². The average Bonchev–Trinajstić information content (AvgIpc) is 2.38. The number of pyridine rings is 1. The summed E-state index contributed by atoms with van der Waals surface area (Å²) in [5, 5.41) is 5.96. The molecule has 1 aromatic heterocycles. The van der Waals surface area contributed by atoms with Gasteiger partial charge < -0.3 is 20.1 Å². The van der Waals surface area contributed by atoms with Gasteiger partial charge in [0.1, 0.15) is 6.61 Å². The van der Waals surface area contributed by atoms with Crippen molar-refractivity contribution in [3.05, 3.63) is 16.8 Å². The average molecular weight is 274 g/mol. The zero-order valence-electron chi connectivity index (χ0n) is 10.5. The smallest absolute Gasteiger partial charge is 0.406 e. The summed E-state index contributed by atoms with van der Waals surface area (Å²) in [5.74, 6) is 1.19. The fraction of sp³-hybridized carbons (Fsp3) is 0.455. The van der Waals surface area contributed by atoms with Gasteiger partial charge >= 0.3 is 6.09 Å². The summed E-state index contributed by atoms with van der Waals surface area (Å²) in [7, 11) is 3.05. The van der Waals surface area contributed by atoms with Crippen LogP contribution >= 0.6 is 11.6 Å². The van der Waals surface area contributed by atoms with Crippen LogP contribution in [0.3, 0.4) is 0 Å². The number of amides is 1. The van der Waals surface area contributed by atoms with Crippen molar-refractivity contribution in [3.8, 4) is 5.75 Å². The van der Waals surface area contributed by atoms with Crippen LogP contribution in [-0.2, 0) is 4.74 Å². The number of anilines is 1. The Morgan fingerprint density at radius 3 is 2.89 bits per heavy atom. The minimum atomic E-state index is -0.492. The molecule has 0 aromatic carbocycles. The predicted molar refractivity (Wildman–Crippen MR) is 69.4 cm³/mol. The van der Waals surface area contributed by atoms with E-state index >= 15 is 0 Å². The number of methoxy groups -OCH3 is 1. The Kier molecular flexibility index (Phi) is 5.51. The highest BCUT2D eigenvalue weighted by molar-refractivity contribution is 6.31. The van der Waals surface area contributed by atoms with Gasteiger partial charge in [-0.15, -0.1) is 0 Å². The van der Waals surface area contributed by atoms with Gasteiger partial charge in [0.2, 0.25) is 0 Å². The van der Waals surface area contributed by atoms with Gasteiger partial charge in [-0.3, -0.25) is 0 Å². The fourth-order valence-electron chi connectivity index (χ4n) is 1.30. The third-order valence-electron chi connectivity index (χ3n) is 2.26. The number of hydrogen-bond donors (Lipinski definition) is 2. The van der Waals surface area contributed by atoms with Crippen molar-refractivity contribution >= 4 is 23.5 Å². The first-order valence-electron chi connectivity index (χ1n) is 5.37. The molecule has 1 rings (SSSR count). The van der Waals surface area contributed by atoms with E-state index in [4.69, 9.17) is 16.3 Å². The lowest BCUT2D eigenvalue weighted by molar-refractivity contribution is 0.168. The molecule has 6 nitrogen and oxygen atoms in total. The van der Waals surface area contributed by atoms with E-state index in [2.05, 4.69) is 20.4 Å². The lowest BCUT2D eigenvalue weighted by Gasteiger charge is -2.14. The van der Waals surface area contributed by atoms with E-state index in [1.807, 2.05) is 6.92 Å². The number of hydrogen-bond acceptors (Lipinski definition) is 5. The van der Waals surface area contributed by atoms with E-state index in [1.165, 1.54) is 7.11 Å². The first-order valence-corrected chi connectivity index (χ1v) is 5.75. The van der Waals surface area contributed by atoms with E-state index < -0.39 is 6.09 Å². The van der Waals surface area contributed by atoms with Gasteiger partial charge in [0.05, 0.1) is 18.7 Å². The third kappa shape index (κ3) is 3.66. The number of carbonyl (C=O) groups excluding carboxylic acids is 1. The minimum absolute atomic E-state index is 0.298. The van der Waals surface area contributed by atoms with Crippen LogP contribution in [0.25, 0.3) is 0 Å². The van der Waals surface area contributed by atoms with Crippen LogP contribution in [0, 0.1) is 6.92 Å². The molecule has 0 fully saturated rings. The number of alkyl carbamates (subject to hydrolysis) is 1. The van der Waals surface area contributed by atoms with Gasteiger partial charge in [-0.05, 0) is 6.92 Å². The lowest BCUT2D eigenvalue weighted by atomic mass is 10.2. The second-order valence-corrected chi connectivity index (χ2v) is 3.83. The van der Waals surface area contributed by atoms with Gasteiger partial charge in [-0.1, -0.05) is 11.6 Å². The Labute approximate surface area is 111 Å². The lowest BCUT2D eigenvalue weighted by Crippen LogP contribution is -2.28. The summed E-state index contributed by atoms with van der Waals surface area (Å²) in [6.07, 6.45) is 1.07. The Bertz CT molecular complexity index is 426. The molecular formula is C11H16ClN3O3. The normalized spacial score (nSPS) is 9.78. The molecule has 0 radical (unpaired) electrons. The van der Waals surface area contributed by atoms with E-state index in [0.29, 0.717) is 29.7 Å². The van der Waals surface area contributed by atoms with Gasteiger partial charge in [0.25, 0.3) is 0 Å². The zero-order chi connectivity index (χ0) is 13.5. The summed E-state index contributed by atoms with van der Waals surface area (Å²) < 4.78 is 9.99. The van der Waals surface area contributed by atoms with Crippen molar-refractivity contribution in [3.63, 3.8) is 0 Å². The second kappa shape index (κ2) is 6.90. The number of ether oxygens (including phenoxy) is 2. The van der Waals surface area contributed by atoms with Crippen LogP contribution in [0.2, 0.25) is 5.02 Å². The Hall–Kier alpha value is -1.69. The third-order valence-corrected chi connectivity index (χ3v) is 2.64. The first-order chi connectivity index (χ1) is 8.60. The highest BCUT2D eigenvalue weighted by Gasteiger charge is 2.11. The van der Waals surface area contributed by atoms with Crippen LogP contribution in [-0.4, -0.2) is 38.4 Å². The number of aromatic nitrogens is 1. The summed E-state index contributed by atoms with van der Waals surface area (Å²) in [5.41, 5.74) is 0.800. The SMILES string of the molecule is CNc1ncc(Cl)c(C)c1OCCNC(=O)OC. The van der Waals surface area contributed by atoms with Crippen LogP contribution < -0.4 is 15.4 Å². The van der Waals surface area contributed by atoms with Crippen LogP contribution in [0.1, 0.15) is 5.56 Å². The summed E-state index contributed by atoms with van der Waals surface area (Å²) in [4.78, 5) is 14.9. The molecule has 0 saturated heterocycles. The summed E-state index contributed by atoms with van der Waals surface area (Å²) >= 11 is 5.97. The van der Waals surface area contributed by atoms with Gasteiger partial charge in [-0.2, -0.15) is 0 Å². The van der Waals surface area contributed by atoms with Crippen LogP contribution in [0.4, 0.5) is 10.6 Å². The Morgan fingerprint density at radius 2 is 2.28 bits per heavy atom. The molecule has 0 unspecified atom stereocenters. The maximum absolute atomic E-state index is 10.8. The highest BCUT2D eigenvalue weighted by Crippen LogP contribution is 2.30. The summed E-state index contributed by atoms with van der Waals surface area (Å²) in [6.45, 7) is 2.47. The largest absolute Gasteiger partial charge is 0.488 e. The number of rotatable bonds is 5. The summed E-state index contributed by atoms with van der Waals surface area (Å²) in [6, 6.07) is 0. The number of carbonyl (C=O) groups is 1. The molecule has 0 atom stereocenters. The molecule has 18 heavy (non-hydrogen) atoms. The monoisotopic (exact) mass is 273 g/mol. The van der Waals surface area contributed by atoms with Crippen molar-refractivity contribution in [2.24, 2.45) is 0 Å². The zero-order valence-corrected chi connectivity index (χ0v) is 11.3. The topological polar surface area (TPSA) is 72.5 Å². The Balaban J connectivity index is 2.61. The standard InChI is InChI=1S/C11H16ClN3O3/c1-7-8(12)6-15-10(13-2)9(7)18-5-4-14-11(16)17-3/h6H,4-5H2,1-3H3,(H,13,15)(H,14,16). The van der Waals surface area contributed by atoms with Crippen molar-refractivity contribution in [2.75, 3.05) is 32.6 Å². The van der Waals surface area contributed by atoms with Gasteiger partial charge in [0, 0.05) is 18.8 Å². The molecule has 0 aliphatic heterocycles. The van der Waals surface area contributed by atoms with E-state index in [-0.39, 0.29) is 0 Å². The molecule has 0 saturated carbocycles. The van der Waals surface area contributed by atoms with Crippen molar-refractivity contribution in [1.82, 2.24) is 10.3 Å². The molecule has 100 valence electrons. The fourth-order valence-corrected chi connectivity index (χ4v) is 1.43. The minimum Gasteiger partial charge on any atom is -0.488 e. The second-order valence-electron chi connectivity index (χ2n) is 3.43. The molecule has 0 aliphatic rings. The maximum Gasteiger partial charge on any atom is 0.406 e. The van der Waals surface area contributed by atoms with Crippen LogP contribution in [0.5, 0.6) is 5.75 Å². The molecule has 0 bridgehead atoms. The van der Waals surface area contributed by atoms with E-state index in [0.717, 1.165) is 5.56 Å². The molecule has 1 amide bonds. The van der Waals surface area contributed by atoms with Gasteiger partial charge in [0.15, 0.2) is 11.6 Å². The van der Waals surface area contributed by atoms with Crippen molar-refractivity contribution in [2.45, 2.75) is 6.92 Å². The number of halogens is 1. The molecule has 2 N–H and O–H groups in total.